The first-order valence-corrected chi connectivity index (χ1v) is 12.5. The number of hydrogen-bond acceptors (Lipinski definition) is 6. The lowest BCUT2D eigenvalue weighted by Gasteiger charge is -2.12. The van der Waals surface area contributed by atoms with Crippen LogP contribution in [0.3, 0.4) is 0 Å². The van der Waals surface area contributed by atoms with Crippen molar-refractivity contribution in [2.45, 2.75) is 13.1 Å². The maximum atomic E-state index is 12.5. The molecule has 0 fully saturated rings. The topological polar surface area (TPSA) is 121 Å². The zero-order chi connectivity index (χ0) is 26.5. The van der Waals surface area contributed by atoms with E-state index in [9.17, 15) is 14.7 Å². The Morgan fingerprint density at radius 3 is 2.50 bits per heavy atom. The summed E-state index contributed by atoms with van der Waals surface area (Å²) in [6, 6.07) is 23.6. The second-order valence-corrected chi connectivity index (χ2v) is 9.32. The molecule has 0 saturated heterocycles. The average Bonchev–Trinajstić information content (AvgIpc) is 3.32. The SMILES string of the molecule is O=CNc1cccc(C(=O)NCc2ccc(CNc3cc(-c4ccccc4O)nc4c(Br)cnn34)cc2)c1. The van der Waals surface area contributed by atoms with Crippen LogP contribution in [-0.4, -0.2) is 32.0 Å². The second kappa shape index (κ2) is 11.1. The van der Waals surface area contributed by atoms with Gasteiger partial charge in [-0.2, -0.15) is 9.61 Å². The van der Waals surface area contributed by atoms with Gasteiger partial charge in [-0.1, -0.05) is 42.5 Å². The normalized spacial score (nSPS) is 10.8. The number of rotatable bonds is 9. The molecule has 3 aromatic carbocycles. The van der Waals surface area contributed by atoms with Gasteiger partial charge in [-0.15, -0.1) is 0 Å². The quantitative estimate of drug-likeness (QED) is 0.186. The Morgan fingerprint density at radius 1 is 0.974 bits per heavy atom. The first kappa shape index (κ1) is 25.0. The number of anilines is 2. The molecule has 5 aromatic rings. The summed E-state index contributed by atoms with van der Waals surface area (Å²) in [4.78, 5) is 27.8. The summed E-state index contributed by atoms with van der Waals surface area (Å²) in [6.07, 6.45) is 2.26. The van der Waals surface area contributed by atoms with Gasteiger partial charge in [0, 0.05) is 36.0 Å². The maximum absolute atomic E-state index is 12.5. The molecule has 2 heterocycles. The van der Waals surface area contributed by atoms with Crippen molar-refractivity contribution in [1.82, 2.24) is 19.9 Å². The van der Waals surface area contributed by atoms with Gasteiger partial charge in [0.2, 0.25) is 6.41 Å². The van der Waals surface area contributed by atoms with Crippen molar-refractivity contribution in [3.8, 4) is 17.0 Å². The van der Waals surface area contributed by atoms with Gasteiger partial charge in [0.15, 0.2) is 5.65 Å². The van der Waals surface area contributed by atoms with Crippen molar-refractivity contribution in [2.24, 2.45) is 0 Å². The van der Waals surface area contributed by atoms with E-state index in [-0.39, 0.29) is 11.7 Å². The number of carbonyl (C=O) groups is 2. The summed E-state index contributed by atoms with van der Waals surface area (Å²) in [5.41, 5.74) is 4.90. The van der Waals surface area contributed by atoms with Crippen LogP contribution in [0, 0.1) is 0 Å². The Kier molecular flexibility index (Phi) is 7.32. The van der Waals surface area contributed by atoms with E-state index in [0.717, 1.165) is 21.4 Å². The van der Waals surface area contributed by atoms with Crippen LogP contribution in [-0.2, 0) is 17.9 Å². The van der Waals surface area contributed by atoms with Crippen molar-refractivity contribution < 1.29 is 14.7 Å². The van der Waals surface area contributed by atoms with Gasteiger partial charge in [0.25, 0.3) is 5.91 Å². The molecule has 2 amide bonds. The summed E-state index contributed by atoms with van der Waals surface area (Å²) < 4.78 is 2.45. The highest BCUT2D eigenvalue weighted by molar-refractivity contribution is 9.10. The lowest BCUT2D eigenvalue weighted by atomic mass is 10.1. The van der Waals surface area contributed by atoms with Gasteiger partial charge in [-0.3, -0.25) is 9.59 Å². The zero-order valence-electron chi connectivity index (χ0n) is 20.1. The number of halogens is 1. The molecule has 0 radical (unpaired) electrons. The molecule has 9 nitrogen and oxygen atoms in total. The van der Waals surface area contributed by atoms with Crippen LogP contribution in [0.5, 0.6) is 5.75 Å². The smallest absolute Gasteiger partial charge is 0.251 e. The Balaban J connectivity index is 1.26. The number of nitrogens with one attached hydrogen (secondary N) is 3. The number of fused-ring (bicyclic) bond motifs is 1. The number of carbonyl (C=O) groups excluding carboxylic acids is 2. The largest absolute Gasteiger partial charge is 0.507 e. The fraction of sp³-hybridized carbons (Fsp3) is 0.0714. The number of hydrogen-bond donors (Lipinski definition) is 4. The molecular weight excluding hydrogens is 548 g/mol. The van der Waals surface area contributed by atoms with Crippen LogP contribution in [0.4, 0.5) is 11.5 Å². The molecule has 0 atom stereocenters. The highest BCUT2D eigenvalue weighted by atomic mass is 79.9. The summed E-state index contributed by atoms with van der Waals surface area (Å²) in [7, 11) is 0. The van der Waals surface area contributed by atoms with Crippen molar-refractivity contribution in [3.63, 3.8) is 0 Å². The lowest BCUT2D eigenvalue weighted by Crippen LogP contribution is -2.22. The molecule has 0 unspecified atom stereocenters. The third kappa shape index (κ3) is 5.50. The third-order valence-corrected chi connectivity index (χ3v) is 6.47. The van der Waals surface area contributed by atoms with Crippen LogP contribution >= 0.6 is 15.9 Å². The Hall–Kier alpha value is -4.70. The fourth-order valence-electron chi connectivity index (χ4n) is 3.96. The molecule has 2 aromatic heterocycles. The number of phenolic OH excluding ortho intramolecular Hbond substituents is 1. The first-order chi connectivity index (χ1) is 18.5. The van der Waals surface area contributed by atoms with E-state index in [1.165, 1.54) is 0 Å². The lowest BCUT2D eigenvalue weighted by molar-refractivity contribution is -0.105. The number of para-hydroxylation sites is 1. The van der Waals surface area contributed by atoms with E-state index in [1.54, 1.807) is 47.1 Å². The number of aromatic hydroxyl groups is 1. The average molecular weight is 571 g/mol. The van der Waals surface area contributed by atoms with Crippen LogP contribution in [0.15, 0.2) is 89.5 Å². The maximum Gasteiger partial charge on any atom is 0.251 e. The zero-order valence-corrected chi connectivity index (χ0v) is 21.6. The fourth-order valence-corrected chi connectivity index (χ4v) is 4.31. The highest BCUT2D eigenvalue weighted by Crippen LogP contribution is 2.31. The molecule has 0 aliphatic heterocycles. The molecule has 0 aliphatic carbocycles. The van der Waals surface area contributed by atoms with Crippen LogP contribution < -0.4 is 16.0 Å². The summed E-state index contributed by atoms with van der Waals surface area (Å²) in [5.74, 6) is 0.651. The summed E-state index contributed by atoms with van der Waals surface area (Å²) >= 11 is 3.50. The molecule has 10 heteroatoms. The van der Waals surface area contributed by atoms with Crippen molar-refractivity contribution in [2.75, 3.05) is 10.6 Å². The standard InChI is InChI=1S/C28H23BrN6O3/c29-23-16-33-35-26(13-24(34-27(23)35)22-6-1-2-7-25(22)37)30-14-18-8-10-19(11-9-18)15-31-28(38)20-4-3-5-21(12-20)32-17-36/h1-13,16-17,30,37H,14-15H2,(H,31,38)(H,32,36). The molecule has 0 saturated carbocycles. The van der Waals surface area contributed by atoms with Gasteiger partial charge in [0.1, 0.15) is 11.6 Å². The molecule has 0 spiro atoms. The molecule has 0 bridgehead atoms. The van der Waals surface area contributed by atoms with Gasteiger partial charge < -0.3 is 21.1 Å². The predicted molar refractivity (Wildman–Crippen MR) is 149 cm³/mol. The van der Waals surface area contributed by atoms with E-state index < -0.39 is 0 Å². The van der Waals surface area contributed by atoms with Crippen LogP contribution in [0.2, 0.25) is 0 Å². The number of amides is 2. The summed E-state index contributed by atoms with van der Waals surface area (Å²) in [5, 5.41) is 23.6. The van der Waals surface area contributed by atoms with Gasteiger partial charge in [-0.25, -0.2) is 4.98 Å². The minimum Gasteiger partial charge on any atom is -0.507 e. The van der Waals surface area contributed by atoms with Gasteiger partial charge in [0.05, 0.1) is 16.4 Å². The van der Waals surface area contributed by atoms with Crippen molar-refractivity contribution in [1.29, 1.82) is 0 Å². The van der Waals surface area contributed by atoms with E-state index in [1.807, 2.05) is 42.5 Å². The van der Waals surface area contributed by atoms with Gasteiger partial charge >= 0.3 is 0 Å². The predicted octanol–water partition coefficient (Wildman–Crippen LogP) is 4.97. The molecule has 4 N–H and O–H groups in total. The van der Waals surface area contributed by atoms with Gasteiger partial charge in [-0.05, 0) is 57.4 Å². The van der Waals surface area contributed by atoms with Crippen molar-refractivity contribution in [3.05, 3.63) is 106 Å². The van der Waals surface area contributed by atoms with Crippen LogP contribution in [0.1, 0.15) is 21.5 Å². The molecule has 190 valence electrons. The Bertz CT molecular complexity index is 1620. The number of phenols is 1. The molecule has 38 heavy (non-hydrogen) atoms. The Labute approximate surface area is 226 Å². The van der Waals surface area contributed by atoms with E-state index in [4.69, 9.17) is 0 Å². The molecular formula is C28H23BrN6O3. The van der Waals surface area contributed by atoms with E-state index >= 15 is 0 Å². The minimum atomic E-state index is -0.224. The summed E-state index contributed by atoms with van der Waals surface area (Å²) in [6.45, 7) is 0.897. The minimum absolute atomic E-state index is 0.152. The molecule has 0 aliphatic rings. The highest BCUT2D eigenvalue weighted by Gasteiger charge is 2.13. The number of nitrogens with zero attached hydrogens (tertiary/aromatic N) is 3. The van der Waals surface area contributed by atoms with Crippen LogP contribution in [0.25, 0.3) is 16.9 Å². The Morgan fingerprint density at radius 2 is 1.74 bits per heavy atom. The van der Waals surface area contributed by atoms with Crippen molar-refractivity contribution >= 4 is 45.4 Å². The third-order valence-electron chi connectivity index (χ3n) is 5.91. The van der Waals surface area contributed by atoms with E-state index in [2.05, 4.69) is 42.0 Å². The number of benzene rings is 3. The first-order valence-electron chi connectivity index (χ1n) is 11.7. The monoisotopic (exact) mass is 570 g/mol. The molecule has 5 rings (SSSR count). The van der Waals surface area contributed by atoms with E-state index in [0.29, 0.717) is 47.7 Å². The second-order valence-electron chi connectivity index (χ2n) is 8.47. The number of aromatic nitrogens is 3.